The third kappa shape index (κ3) is 1.20. The fraction of sp³-hybridized carbons (Fsp3) is 0. The van der Waals surface area contributed by atoms with Gasteiger partial charge >= 0.3 is 0 Å². The van der Waals surface area contributed by atoms with Crippen molar-refractivity contribution < 1.29 is 0 Å². The van der Waals surface area contributed by atoms with E-state index in [1.807, 2.05) is 30.3 Å². The molecule has 1 rings (SSSR count). The molecule has 0 N–H and O–H groups in total. The van der Waals surface area contributed by atoms with Crippen LogP contribution >= 0.6 is 11.6 Å². The molecule has 36 valence electrons. The van der Waals surface area contributed by atoms with Crippen LogP contribution in [0.3, 0.4) is 0 Å². The van der Waals surface area contributed by atoms with Gasteiger partial charge in [-0.25, -0.2) is 0 Å². The van der Waals surface area contributed by atoms with Crippen molar-refractivity contribution in [2.24, 2.45) is 0 Å². The Labute approximate surface area is 47.7 Å². The second-order valence-electron chi connectivity index (χ2n) is 1.30. The number of hydrogen-bond donors (Lipinski definition) is 0. The Morgan fingerprint density at radius 1 is 1.00 bits per heavy atom. The summed E-state index contributed by atoms with van der Waals surface area (Å²) in [5.41, 5.74) is 0. The summed E-state index contributed by atoms with van der Waals surface area (Å²) in [6.45, 7) is 0. The largest absolute Gasteiger partial charge is 0.0843 e. The van der Waals surface area contributed by atoms with E-state index in [1.165, 1.54) is 0 Å². The van der Waals surface area contributed by atoms with E-state index in [9.17, 15) is 0 Å². The molecule has 0 aliphatic rings. The van der Waals surface area contributed by atoms with Gasteiger partial charge in [-0.2, -0.15) is 0 Å². The zero-order chi connectivity index (χ0) is 5.11. The molecular weight excluding hydrogens is 109 g/mol. The summed E-state index contributed by atoms with van der Waals surface area (Å²) in [6.07, 6.45) is 0. The van der Waals surface area contributed by atoms with E-state index < -0.39 is 0 Å². The Kier molecular flexibility index (Phi) is 1.32. The van der Waals surface area contributed by atoms with Crippen molar-refractivity contribution in [1.82, 2.24) is 0 Å². The molecule has 0 heterocycles. The Morgan fingerprint density at radius 2 is 1.57 bits per heavy atom. The number of halogens is 1. The molecule has 0 aliphatic heterocycles. The van der Waals surface area contributed by atoms with Crippen molar-refractivity contribution >= 4 is 11.6 Å². The lowest BCUT2D eigenvalue weighted by Crippen LogP contribution is -1.55. The Bertz CT molecular complexity index is 134. The van der Waals surface area contributed by atoms with Gasteiger partial charge in [0.2, 0.25) is 0 Å². The van der Waals surface area contributed by atoms with Gasteiger partial charge in [0.05, 0.1) is 0 Å². The normalized spacial score (nSPS) is 8.71. The summed E-state index contributed by atoms with van der Waals surface area (Å²) in [5.74, 6) is 0. The molecule has 1 aromatic rings. The van der Waals surface area contributed by atoms with Gasteiger partial charge in [-0.3, -0.25) is 0 Å². The molecular formula is C6H5Cl. The van der Waals surface area contributed by atoms with Crippen LogP contribution in [0.25, 0.3) is 0 Å². The molecule has 0 radical (unpaired) electrons. The maximum absolute atomic E-state index is 5.54. The fourth-order valence-electron chi connectivity index (χ4n) is 0.415. The third-order valence-electron chi connectivity index (χ3n) is 0.733. The predicted octanol–water partition coefficient (Wildman–Crippen LogP) is 2.34. The van der Waals surface area contributed by atoms with E-state index >= 15 is 0 Å². The maximum Gasteiger partial charge on any atom is 0.0405 e. The molecule has 1 aromatic carbocycles. The minimum Gasteiger partial charge on any atom is -0.0843 e. The Balaban J connectivity index is 3.02. The molecule has 7 heavy (non-hydrogen) atoms. The zero-order valence-electron chi connectivity index (χ0n) is 3.76. The highest BCUT2D eigenvalue weighted by atomic mass is 35.5. The number of benzene rings is 1. The van der Waals surface area contributed by atoms with Crippen LogP contribution in [0, 0.1) is 0 Å². The van der Waals surface area contributed by atoms with Crippen LogP contribution in [-0.4, -0.2) is 0 Å². The van der Waals surface area contributed by atoms with Crippen molar-refractivity contribution in [2.75, 3.05) is 0 Å². The first-order chi connectivity index (χ1) is 3.39. The van der Waals surface area contributed by atoms with Crippen LogP contribution < -0.4 is 0 Å². The Morgan fingerprint density at radius 3 is 1.86 bits per heavy atom. The quantitative estimate of drug-likeness (QED) is 0.485. The summed E-state index contributed by atoms with van der Waals surface area (Å²) in [6, 6.07) is 9.44. The van der Waals surface area contributed by atoms with Gasteiger partial charge < -0.3 is 0 Å². The van der Waals surface area contributed by atoms with Crippen LogP contribution in [-0.2, 0) is 0 Å². The van der Waals surface area contributed by atoms with E-state index in [2.05, 4.69) is 0 Å². The van der Waals surface area contributed by atoms with Crippen molar-refractivity contribution in [3.8, 4) is 0 Å². The van der Waals surface area contributed by atoms with Gasteiger partial charge in [-0.15, -0.1) is 0 Å². The van der Waals surface area contributed by atoms with E-state index in [0.29, 0.717) is 0 Å². The van der Waals surface area contributed by atoms with Gasteiger partial charge in [0.15, 0.2) is 0 Å². The summed E-state index contributed by atoms with van der Waals surface area (Å²) < 4.78 is 0. The minimum atomic E-state index is 0.794. The van der Waals surface area contributed by atoms with Gasteiger partial charge in [0, 0.05) is 5.02 Å². The van der Waals surface area contributed by atoms with Gasteiger partial charge in [-0.05, 0) is 12.1 Å². The highest BCUT2D eigenvalue weighted by Crippen LogP contribution is 2.03. The van der Waals surface area contributed by atoms with Crippen LogP contribution in [0.1, 0.15) is 0 Å². The SMILES string of the molecule is Clc1cccc[13cH]1. The lowest BCUT2D eigenvalue weighted by atomic mass is 10.5. The van der Waals surface area contributed by atoms with Gasteiger partial charge in [0.1, 0.15) is 0 Å². The topological polar surface area (TPSA) is 0 Å². The summed E-state index contributed by atoms with van der Waals surface area (Å²) >= 11 is 5.54. The smallest absolute Gasteiger partial charge is 0.0405 e. The predicted molar refractivity (Wildman–Crippen MR) is 31.5 cm³/mol. The van der Waals surface area contributed by atoms with Crippen molar-refractivity contribution in [1.29, 1.82) is 0 Å². The molecule has 0 aliphatic carbocycles. The van der Waals surface area contributed by atoms with Gasteiger partial charge in [0.25, 0.3) is 0 Å². The highest BCUT2D eigenvalue weighted by molar-refractivity contribution is 6.30. The summed E-state index contributed by atoms with van der Waals surface area (Å²) in [5, 5.41) is 0.794. The molecule has 0 atom stereocenters. The minimum absolute atomic E-state index is 0.794. The van der Waals surface area contributed by atoms with Crippen LogP contribution in [0.2, 0.25) is 5.02 Å². The van der Waals surface area contributed by atoms with E-state index in [-0.39, 0.29) is 0 Å². The average Bonchev–Trinajstić information content (AvgIpc) is 1.69. The summed E-state index contributed by atoms with van der Waals surface area (Å²) in [4.78, 5) is 0. The van der Waals surface area contributed by atoms with E-state index in [4.69, 9.17) is 11.6 Å². The molecule has 0 saturated carbocycles. The molecule has 1 heteroatoms. The molecule has 0 spiro atoms. The molecule has 0 fully saturated rings. The van der Waals surface area contributed by atoms with Crippen molar-refractivity contribution in [3.05, 3.63) is 35.4 Å². The molecule has 0 unspecified atom stereocenters. The monoisotopic (exact) mass is 113 g/mol. The third-order valence-corrected chi connectivity index (χ3v) is 0.985. The molecule has 0 amide bonds. The van der Waals surface area contributed by atoms with Crippen LogP contribution in [0.5, 0.6) is 0 Å². The first kappa shape index (κ1) is 4.66. The lowest BCUT2D eigenvalue weighted by molar-refractivity contribution is 1.71. The van der Waals surface area contributed by atoms with E-state index in [0.717, 1.165) is 5.02 Å². The fourth-order valence-corrected chi connectivity index (χ4v) is 0.560. The molecule has 0 nitrogen and oxygen atoms in total. The first-order valence-electron chi connectivity index (χ1n) is 2.10. The van der Waals surface area contributed by atoms with E-state index in [1.54, 1.807) is 0 Å². The molecule has 0 saturated heterocycles. The van der Waals surface area contributed by atoms with Crippen molar-refractivity contribution in [2.45, 2.75) is 0 Å². The molecule has 0 aromatic heterocycles. The first-order valence-corrected chi connectivity index (χ1v) is 2.48. The van der Waals surface area contributed by atoms with Crippen LogP contribution in [0.15, 0.2) is 30.3 Å². The highest BCUT2D eigenvalue weighted by Gasteiger charge is 1.74. The number of rotatable bonds is 0. The Hall–Kier alpha value is -0.490. The second-order valence-corrected chi connectivity index (χ2v) is 1.73. The maximum atomic E-state index is 5.54. The van der Waals surface area contributed by atoms with Crippen LogP contribution in [0.4, 0.5) is 0 Å². The van der Waals surface area contributed by atoms with Crippen molar-refractivity contribution in [3.63, 3.8) is 0 Å². The standard InChI is InChI=1S/C6H5Cl/c7-6-4-2-1-3-5-6/h1-5H/i4+1. The zero-order valence-corrected chi connectivity index (χ0v) is 4.52. The second kappa shape index (κ2) is 1.99. The van der Waals surface area contributed by atoms with Gasteiger partial charge in [-0.1, -0.05) is 29.8 Å². The molecule has 0 bridgehead atoms. The lowest BCUT2D eigenvalue weighted by Gasteiger charge is -1.80. The summed E-state index contributed by atoms with van der Waals surface area (Å²) in [7, 11) is 0. The average molecular weight is 114 g/mol. The number of hydrogen-bond acceptors (Lipinski definition) is 0.